The molecule has 0 aliphatic carbocycles. The lowest BCUT2D eigenvalue weighted by atomic mass is 10.1. The van der Waals surface area contributed by atoms with Crippen LogP contribution in [-0.4, -0.2) is 51.8 Å². The van der Waals surface area contributed by atoms with Crippen molar-refractivity contribution in [3.05, 3.63) is 48.3 Å². The van der Waals surface area contributed by atoms with Crippen molar-refractivity contribution in [2.45, 2.75) is 39.3 Å². The second-order valence-corrected chi connectivity index (χ2v) is 10.4. The van der Waals surface area contributed by atoms with Crippen molar-refractivity contribution in [2.24, 2.45) is 0 Å². The third kappa shape index (κ3) is 7.01. The van der Waals surface area contributed by atoms with E-state index in [-0.39, 0.29) is 12.5 Å². The van der Waals surface area contributed by atoms with Crippen LogP contribution < -0.4 is 25.0 Å². The summed E-state index contributed by atoms with van der Waals surface area (Å²) in [5.74, 6) is -2.55. The SMILES string of the molecule is C[C@H](C(=O)NC(C)(C)C)N(C(=O)C[S@](=O)CC(=O)Nc1ccc2c(c1)OCO2)c1ccccc1F. The number of carbonyl (C=O) groups is 3. The Kier molecular flexibility index (Phi) is 8.11. The summed E-state index contributed by atoms with van der Waals surface area (Å²) in [6.07, 6.45) is 0. The molecule has 0 fully saturated rings. The highest BCUT2D eigenvalue weighted by Crippen LogP contribution is 2.34. The van der Waals surface area contributed by atoms with Crippen molar-refractivity contribution >= 4 is 39.9 Å². The molecule has 1 aliphatic heterocycles. The number of halogens is 1. The number of ether oxygens (including phenoxy) is 2. The van der Waals surface area contributed by atoms with Gasteiger partial charge in [-0.3, -0.25) is 23.5 Å². The molecule has 2 aromatic carbocycles. The molecular weight excluding hydrogens is 477 g/mol. The third-order valence-electron chi connectivity index (χ3n) is 4.88. The third-order valence-corrected chi connectivity index (χ3v) is 6.03. The van der Waals surface area contributed by atoms with Gasteiger partial charge < -0.3 is 20.1 Å². The zero-order chi connectivity index (χ0) is 25.8. The van der Waals surface area contributed by atoms with Gasteiger partial charge in [0.25, 0.3) is 0 Å². The first-order valence-electron chi connectivity index (χ1n) is 10.9. The fourth-order valence-electron chi connectivity index (χ4n) is 3.37. The first-order chi connectivity index (χ1) is 16.4. The van der Waals surface area contributed by atoms with Gasteiger partial charge in [0.1, 0.15) is 23.4 Å². The summed E-state index contributed by atoms with van der Waals surface area (Å²) in [6, 6.07) is 9.25. The quantitative estimate of drug-likeness (QED) is 0.570. The maximum Gasteiger partial charge on any atom is 0.243 e. The van der Waals surface area contributed by atoms with Gasteiger partial charge in [0, 0.05) is 28.1 Å². The number of hydrogen-bond donors (Lipinski definition) is 2. The molecule has 188 valence electrons. The topological polar surface area (TPSA) is 114 Å². The number of benzene rings is 2. The summed E-state index contributed by atoms with van der Waals surface area (Å²) >= 11 is 0. The Morgan fingerprint density at radius 1 is 1.09 bits per heavy atom. The predicted octanol–water partition coefficient (Wildman–Crippen LogP) is 2.58. The molecule has 9 nitrogen and oxygen atoms in total. The normalized spacial score (nSPS) is 14.1. The molecule has 0 radical (unpaired) electrons. The summed E-state index contributed by atoms with van der Waals surface area (Å²) in [5.41, 5.74) is -0.274. The Balaban J connectivity index is 1.69. The van der Waals surface area contributed by atoms with Gasteiger partial charge in [-0.05, 0) is 52.0 Å². The minimum absolute atomic E-state index is 0.0869. The molecule has 0 saturated heterocycles. The van der Waals surface area contributed by atoms with E-state index in [1.165, 1.54) is 31.2 Å². The Labute approximate surface area is 205 Å². The van der Waals surface area contributed by atoms with Crippen LogP contribution in [0.2, 0.25) is 0 Å². The molecule has 0 unspecified atom stereocenters. The summed E-state index contributed by atoms with van der Waals surface area (Å²) in [7, 11) is -1.92. The monoisotopic (exact) mass is 505 g/mol. The van der Waals surface area contributed by atoms with Gasteiger partial charge in [-0.15, -0.1) is 0 Å². The Morgan fingerprint density at radius 2 is 1.77 bits per heavy atom. The van der Waals surface area contributed by atoms with E-state index in [0.717, 1.165) is 4.90 Å². The van der Waals surface area contributed by atoms with Crippen molar-refractivity contribution < 1.29 is 32.5 Å². The number of fused-ring (bicyclic) bond motifs is 1. The van der Waals surface area contributed by atoms with E-state index in [9.17, 15) is 23.0 Å². The van der Waals surface area contributed by atoms with Crippen LogP contribution >= 0.6 is 0 Å². The maximum absolute atomic E-state index is 14.6. The minimum Gasteiger partial charge on any atom is -0.454 e. The van der Waals surface area contributed by atoms with Gasteiger partial charge in [-0.2, -0.15) is 0 Å². The number of para-hydroxylation sites is 1. The van der Waals surface area contributed by atoms with Crippen molar-refractivity contribution in [1.29, 1.82) is 0 Å². The van der Waals surface area contributed by atoms with E-state index in [0.29, 0.717) is 17.2 Å². The first-order valence-corrected chi connectivity index (χ1v) is 12.4. The van der Waals surface area contributed by atoms with Crippen LogP contribution in [0.5, 0.6) is 11.5 Å². The van der Waals surface area contributed by atoms with Crippen molar-refractivity contribution in [3.63, 3.8) is 0 Å². The fraction of sp³-hybridized carbons (Fsp3) is 0.375. The van der Waals surface area contributed by atoms with E-state index < -0.39 is 57.4 Å². The van der Waals surface area contributed by atoms with Crippen LogP contribution in [0.4, 0.5) is 15.8 Å². The molecule has 1 heterocycles. The number of amides is 3. The second kappa shape index (κ2) is 10.9. The average Bonchev–Trinajstić information content (AvgIpc) is 3.21. The molecular formula is C24H28FN3O6S. The Morgan fingerprint density at radius 3 is 2.46 bits per heavy atom. The first kappa shape index (κ1) is 26.1. The van der Waals surface area contributed by atoms with Crippen LogP contribution in [0.15, 0.2) is 42.5 Å². The molecule has 0 spiro atoms. The summed E-state index contributed by atoms with van der Waals surface area (Å²) in [4.78, 5) is 39.2. The fourth-order valence-corrected chi connectivity index (χ4v) is 4.25. The van der Waals surface area contributed by atoms with Gasteiger partial charge >= 0.3 is 0 Å². The number of carbonyl (C=O) groups excluding carboxylic acids is 3. The molecule has 0 aromatic heterocycles. The largest absolute Gasteiger partial charge is 0.454 e. The van der Waals surface area contributed by atoms with E-state index in [2.05, 4.69) is 10.6 Å². The molecule has 0 bridgehead atoms. The zero-order valence-corrected chi connectivity index (χ0v) is 20.7. The number of nitrogens with zero attached hydrogens (tertiary/aromatic N) is 1. The highest BCUT2D eigenvalue weighted by atomic mass is 32.2. The van der Waals surface area contributed by atoms with Gasteiger partial charge in [-0.1, -0.05) is 12.1 Å². The van der Waals surface area contributed by atoms with Crippen molar-refractivity contribution in [3.8, 4) is 11.5 Å². The van der Waals surface area contributed by atoms with E-state index in [4.69, 9.17) is 9.47 Å². The molecule has 35 heavy (non-hydrogen) atoms. The van der Waals surface area contributed by atoms with Crippen molar-refractivity contribution in [1.82, 2.24) is 5.32 Å². The highest BCUT2D eigenvalue weighted by Gasteiger charge is 2.32. The molecule has 2 N–H and O–H groups in total. The number of anilines is 2. The smallest absolute Gasteiger partial charge is 0.243 e. The van der Waals surface area contributed by atoms with Crippen LogP contribution in [0.1, 0.15) is 27.7 Å². The highest BCUT2D eigenvalue weighted by molar-refractivity contribution is 7.86. The summed E-state index contributed by atoms with van der Waals surface area (Å²) < 4.78 is 37.7. The number of rotatable bonds is 8. The molecule has 11 heteroatoms. The lowest BCUT2D eigenvalue weighted by Crippen LogP contribution is -2.54. The molecule has 3 amide bonds. The lowest BCUT2D eigenvalue weighted by Gasteiger charge is -2.31. The second-order valence-electron chi connectivity index (χ2n) is 8.98. The maximum atomic E-state index is 14.6. The van der Waals surface area contributed by atoms with E-state index in [1.54, 1.807) is 39.0 Å². The molecule has 2 aromatic rings. The van der Waals surface area contributed by atoms with Crippen LogP contribution in [-0.2, 0) is 25.2 Å². The van der Waals surface area contributed by atoms with Gasteiger partial charge in [-0.25, -0.2) is 4.39 Å². The van der Waals surface area contributed by atoms with Gasteiger partial charge in [0.15, 0.2) is 11.5 Å². The zero-order valence-electron chi connectivity index (χ0n) is 19.9. The predicted molar refractivity (Wildman–Crippen MR) is 130 cm³/mol. The molecule has 3 rings (SSSR count). The van der Waals surface area contributed by atoms with Crippen molar-refractivity contribution in [2.75, 3.05) is 28.5 Å². The van der Waals surface area contributed by atoms with Gasteiger partial charge in [0.2, 0.25) is 24.5 Å². The van der Waals surface area contributed by atoms with Gasteiger partial charge in [0.05, 0.1) is 5.69 Å². The molecule has 2 atom stereocenters. The standard InChI is InChI=1S/C24H28FN3O6S/c1-15(23(31)27-24(2,3)4)28(18-8-6-5-7-17(18)25)22(30)13-35(32)12-21(29)26-16-9-10-19-20(11-16)34-14-33-19/h5-11,15H,12-14H2,1-4H3,(H,26,29)(H,27,31)/t15-,35-/m1/s1. The van der Waals surface area contributed by atoms with Crippen LogP contribution in [0, 0.1) is 5.82 Å². The van der Waals surface area contributed by atoms with Crippen LogP contribution in [0.25, 0.3) is 0 Å². The Bertz CT molecular complexity index is 1150. The average molecular weight is 506 g/mol. The lowest BCUT2D eigenvalue weighted by molar-refractivity contribution is -0.126. The number of nitrogens with one attached hydrogen (secondary N) is 2. The molecule has 0 saturated carbocycles. The Hall–Kier alpha value is -3.47. The molecule has 1 aliphatic rings. The van der Waals surface area contributed by atoms with Crippen LogP contribution in [0.3, 0.4) is 0 Å². The summed E-state index contributed by atoms with van der Waals surface area (Å²) in [5, 5.41) is 5.36. The minimum atomic E-state index is -1.92. The number of hydrogen-bond acceptors (Lipinski definition) is 6. The van der Waals surface area contributed by atoms with E-state index >= 15 is 0 Å². The summed E-state index contributed by atoms with van der Waals surface area (Å²) in [6.45, 7) is 6.88. The van der Waals surface area contributed by atoms with E-state index in [1.807, 2.05) is 0 Å².